The Kier molecular flexibility index (Phi) is 5.11. The molecule has 0 amide bonds. The van der Waals surface area contributed by atoms with Gasteiger partial charge < -0.3 is 15.2 Å². The fourth-order valence-corrected chi connectivity index (χ4v) is 3.27. The second kappa shape index (κ2) is 6.72. The van der Waals surface area contributed by atoms with Crippen molar-refractivity contribution in [3.63, 3.8) is 0 Å². The van der Waals surface area contributed by atoms with Gasteiger partial charge in [-0.3, -0.25) is 15.0 Å². The van der Waals surface area contributed by atoms with Crippen molar-refractivity contribution in [3.8, 4) is 11.5 Å². The molecule has 0 aromatic heterocycles. The molecule has 1 aromatic carbocycles. The number of phenols is 1. The van der Waals surface area contributed by atoms with Gasteiger partial charge in [-0.2, -0.15) is 0 Å². The first-order valence-corrected chi connectivity index (χ1v) is 7.75. The van der Waals surface area contributed by atoms with Crippen molar-refractivity contribution >= 4 is 5.69 Å². The summed E-state index contributed by atoms with van der Waals surface area (Å²) in [5.41, 5.74) is 0.359. The van der Waals surface area contributed by atoms with Crippen LogP contribution in [0.2, 0.25) is 0 Å². The Balaban J connectivity index is 2.53. The van der Waals surface area contributed by atoms with Gasteiger partial charge in [0.15, 0.2) is 5.75 Å². The Morgan fingerprint density at radius 1 is 1.35 bits per heavy atom. The van der Waals surface area contributed by atoms with E-state index in [0.717, 1.165) is 31.7 Å². The lowest BCUT2D eigenvalue weighted by Crippen LogP contribution is -2.48. The smallest absolute Gasteiger partial charge is 0.314 e. The van der Waals surface area contributed by atoms with Crippen LogP contribution in [0.3, 0.4) is 0 Å². The van der Waals surface area contributed by atoms with E-state index in [1.54, 1.807) is 6.07 Å². The molecule has 0 saturated carbocycles. The highest BCUT2D eigenvalue weighted by atomic mass is 16.6. The van der Waals surface area contributed by atoms with E-state index in [0.29, 0.717) is 0 Å². The summed E-state index contributed by atoms with van der Waals surface area (Å²) in [7, 11) is 1.40. The summed E-state index contributed by atoms with van der Waals surface area (Å²) < 4.78 is 5.14. The van der Waals surface area contributed by atoms with Gasteiger partial charge in [0, 0.05) is 38.3 Å². The predicted octanol–water partition coefficient (Wildman–Crippen LogP) is 2.30. The van der Waals surface area contributed by atoms with E-state index in [2.05, 4.69) is 31.0 Å². The third-order valence-electron chi connectivity index (χ3n) is 4.15. The molecule has 2 rings (SSSR count). The standard InChI is InChI=1S/C16H25N3O4/c1-16(2,3)15(18-7-5-17-6-8-18)11-9-12(19(21)22)14(20)13(10-11)23-4/h9-10,15,17,20H,5-8H2,1-4H3/t15-/m0/s1. The number of nitro groups is 1. The van der Waals surface area contributed by atoms with Crippen LogP contribution in [0.15, 0.2) is 12.1 Å². The molecule has 128 valence electrons. The van der Waals surface area contributed by atoms with E-state index in [-0.39, 0.29) is 22.9 Å². The highest BCUT2D eigenvalue weighted by Crippen LogP contribution is 2.44. The Labute approximate surface area is 136 Å². The van der Waals surface area contributed by atoms with Crippen molar-refractivity contribution < 1.29 is 14.8 Å². The molecule has 1 atom stereocenters. The van der Waals surface area contributed by atoms with E-state index in [1.165, 1.54) is 13.2 Å². The molecule has 0 bridgehead atoms. The number of ether oxygens (including phenoxy) is 1. The van der Waals surface area contributed by atoms with Gasteiger partial charge in [0.1, 0.15) is 0 Å². The van der Waals surface area contributed by atoms with E-state index in [4.69, 9.17) is 4.74 Å². The van der Waals surface area contributed by atoms with Crippen molar-refractivity contribution in [2.45, 2.75) is 26.8 Å². The Morgan fingerprint density at radius 3 is 2.43 bits per heavy atom. The zero-order valence-electron chi connectivity index (χ0n) is 14.1. The monoisotopic (exact) mass is 323 g/mol. The third kappa shape index (κ3) is 3.73. The minimum Gasteiger partial charge on any atom is -0.500 e. The molecule has 0 spiro atoms. The Hall–Kier alpha value is -1.86. The molecule has 1 aliphatic rings. The average molecular weight is 323 g/mol. The molecule has 23 heavy (non-hydrogen) atoms. The van der Waals surface area contributed by atoms with Crippen molar-refractivity contribution in [1.29, 1.82) is 0 Å². The average Bonchev–Trinajstić information content (AvgIpc) is 2.48. The van der Waals surface area contributed by atoms with Gasteiger partial charge in [0.05, 0.1) is 12.0 Å². The molecule has 0 radical (unpaired) electrons. The number of aromatic hydroxyl groups is 1. The van der Waals surface area contributed by atoms with Crippen molar-refractivity contribution in [2.24, 2.45) is 5.41 Å². The van der Waals surface area contributed by atoms with E-state index >= 15 is 0 Å². The summed E-state index contributed by atoms with van der Waals surface area (Å²) in [5, 5.41) is 24.6. The molecule has 1 saturated heterocycles. The van der Waals surface area contributed by atoms with Crippen LogP contribution in [0.25, 0.3) is 0 Å². The first kappa shape index (κ1) is 17.5. The predicted molar refractivity (Wildman–Crippen MR) is 88.0 cm³/mol. The van der Waals surface area contributed by atoms with Gasteiger partial charge in [0.25, 0.3) is 0 Å². The summed E-state index contributed by atoms with van der Waals surface area (Å²) in [5.74, 6) is -0.284. The molecule has 1 aromatic rings. The molecular weight excluding hydrogens is 298 g/mol. The zero-order chi connectivity index (χ0) is 17.2. The fourth-order valence-electron chi connectivity index (χ4n) is 3.27. The molecule has 1 fully saturated rings. The van der Waals surface area contributed by atoms with Gasteiger partial charge in [-0.05, 0) is 17.0 Å². The minimum atomic E-state index is -0.571. The number of hydrogen-bond acceptors (Lipinski definition) is 6. The first-order chi connectivity index (χ1) is 10.8. The molecule has 7 heteroatoms. The van der Waals surface area contributed by atoms with Crippen LogP contribution >= 0.6 is 0 Å². The zero-order valence-corrected chi connectivity index (χ0v) is 14.1. The fraction of sp³-hybridized carbons (Fsp3) is 0.625. The normalized spacial score (nSPS) is 17.7. The second-order valence-corrected chi connectivity index (χ2v) is 6.90. The van der Waals surface area contributed by atoms with Crippen molar-refractivity contribution in [1.82, 2.24) is 10.2 Å². The highest BCUT2D eigenvalue weighted by Gasteiger charge is 2.35. The number of benzene rings is 1. The van der Waals surface area contributed by atoms with Gasteiger partial charge in [-0.15, -0.1) is 0 Å². The molecule has 0 aliphatic carbocycles. The van der Waals surface area contributed by atoms with E-state index in [9.17, 15) is 15.2 Å². The van der Waals surface area contributed by atoms with Crippen molar-refractivity contribution in [2.75, 3.05) is 33.3 Å². The van der Waals surface area contributed by atoms with Crippen LogP contribution in [0, 0.1) is 15.5 Å². The second-order valence-electron chi connectivity index (χ2n) is 6.90. The molecule has 1 aliphatic heterocycles. The van der Waals surface area contributed by atoms with Crippen LogP contribution in [-0.2, 0) is 0 Å². The quantitative estimate of drug-likeness (QED) is 0.653. The number of hydrogen-bond donors (Lipinski definition) is 2. The summed E-state index contributed by atoms with van der Waals surface area (Å²) in [6.07, 6.45) is 0. The molecule has 2 N–H and O–H groups in total. The number of nitro benzene ring substituents is 1. The Bertz CT molecular complexity index is 577. The van der Waals surface area contributed by atoms with Gasteiger partial charge in [-0.1, -0.05) is 20.8 Å². The largest absolute Gasteiger partial charge is 0.500 e. The molecule has 0 unspecified atom stereocenters. The van der Waals surface area contributed by atoms with Crippen LogP contribution < -0.4 is 10.1 Å². The van der Waals surface area contributed by atoms with Crippen LogP contribution in [0.1, 0.15) is 32.4 Å². The molecule has 1 heterocycles. The van der Waals surface area contributed by atoms with E-state index in [1.807, 2.05) is 0 Å². The van der Waals surface area contributed by atoms with Gasteiger partial charge >= 0.3 is 5.69 Å². The lowest BCUT2D eigenvalue weighted by atomic mass is 9.80. The number of methoxy groups -OCH3 is 1. The summed E-state index contributed by atoms with van der Waals surface area (Å²) in [6, 6.07) is 3.17. The topological polar surface area (TPSA) is 87.9 Å². The lowest BCUT2D eigenvalue weighted by Gasteiger charge is -2.42. The highest BCUT2D eigenvalue weighted by molar-refractivity contribution is 5.57. The number of rotatable bonds is 4. The van der Waals surface area contributed by atoms with Crippen LogP contribution in [-0.4, -0.2) is 48.2 Å². The number of nitrogens with one attached hydrogen (secondary N) is 1. The number of phenolic OH excluding ortho intramolecular Hbond substituents is 1. The Morgan fingerprint density at radius 2 is 1.96 bits per heavy atom. The number of piperazine rings is 1. The summed E-state index contributed by atoms with van der Waals surface area (Å²) >= 11 is 0. The van der Waals surface area contributed by atoms with E-state index < -0.39 is 10.7 Å². The first-order valence-electron chi connectivity index (χ1n) is 7.75. The maximum Gasteiger partial charge on any atom is 0.314 e. The molecule has 7 nitrogen and oxygen atoms in total. The minimum absolute atomic E-state index is 0.00204. The van der Waals surface area contributed by atoms with Crippen molar-refractivity contribution in [3.05, 3.63) is 27.8 Å². The van der Waals surface area contributed by atoms with Gasteiger partial charge in [0.2, 0.25) is 5.75 Å². The summed E-state index contributed by atoms with van der Waals surface area (Å²) in [6.45, 7) is 9.88. The molecular formula is C16H25N3O4. The number of nitrogens with zero attached hydrogens (tertiary/aromatic N) is 2. The van der Waals surface area contributed by atoms with Gasteiger partial charge in [-0.25, -0.2) is 0 Å². The third-order valence-corrected chi connectivity index (χ3v) is 4.15. The van der Waals surface area contributed by atoms with Crippen LogP contribution in [0.5, 0.6) is 11.5 Å². The maximum absolute atomic E-state index is 11.3. The lowest BCUT2D eigenvalue weighted by molar-refractivity contribution is -0.386. The SMILES string of the molecule is COc1cc([C@H](N2CCNCC2)C(C)(C)C)cc([N+](=O)[O-])c1O. The van der Waals surface area contributed by atoms with Crippen LogP contribution in [0.4, 0.5) is 5.69 Å². The maximum atomic E-state index is 11.3. The summed E-state index contributed by atoms with van der Waals surface area (Å²) in [4.78, 5) is 13.0.